The maximum Gasteiger partial charge on any atom is 0.230 e. The zero-order chi connectivity index (χ0) is 14.4. The molecule has 0 bridgehead atoms. The normalized spacial score (nSPS) is 12.1. The van der Waals surface area contributed by atoms with Gasteiger partial charge in [-0.05, 0) is 46.7 Å². The molecule has 0 spiro atoms. The number of thiophene rings is 1. The van der Waals surface area contributed by atoms with Crippen LogP contribution in [-0.4, -0.2) is 23.3 Å². The number of carbonyl (C=O) groups is 1. The van der Waals surface area contributed by atoms with Crippen LogP contribution in [0.3, 0.4) is 0 Å². The molecule has 1 unspecified atom stereocenters. The van der Waals surface area contributed by atoms with Gasteiger partial charge in [-0.2, -0.15) is 11.3 Å². The SMILES string of the molecule is O=C(CSc1ccc(F)cc1)NCC(O)c1ccsc1. The highest BCUT2D eigenvalue weighted by Crippen LogP contribution is 2.18. The van der Waals surface area contributed by atoms with E-state index in [1.165, 1.54) is 35.2 Å². The predicted octanol–water partition coefficient (Wildman–Crippen LogP) is 2.83. The molecule has 1 atom stereocenters. The van der Waals surface area contributed by atoms with Crippen LogP contribution < -0.4 is 5.32 Å². The van der Waals surface area contributed by atoms with Gasteiger partial charge in [0.15, 0.2) is 0 Å². The molecule has 106 valence electrons. The van der Waals surface area contributed by atoms with Crippen LogP contribution in [0.4, 0.5) is 4.39 Å². The summed E-state index contributed by atoms with van der Waals surface area (Å²) in [4.78, 5) is 12.5. The van der Waals surface area contributed by atoms with Crippen molar-refractivity contribution in [3.63, 3.8) is 0 Å². The van der Waals surface area contributed by atoms with Crippen LogP contribution in [0, 0.1) is 5.82 Å². The first kappa shape index (κ1) is 15.0. The fourth-order valence-electron chi connectivity index (χ4n) is 1.52. The van der Waals surface area contributed by atoms with Gasteiger partial charge in [-0.1, -0.05) is 0 Å². The molecule has 0 saturated carbocycles. The Balaban J connectivity index is 1.71. The highest BCUT2D eigenvalue weighted by Gasteiger charge is 2.10. The summed E-state index contributed by atoms with van der Waals surface area (Å²) in [6.07, 6.45) is -0.680. The quantitative estimate of drug-likeness (QED) is 0.807. The van der Waals surface area contributed by atoms with Crippen LogP contribution in [0.5, 0.6) is 0 Å². The Bertz CT molecular complexity index is 543. The molecule has 0 aliphatic heterocycles. The summed E-state index contributed by atoms with van der Waals surface area (Å²) < 4.78 is 12.7. The van der Waals surface area contributed by atoms with Crippen molar-refractivity contribution in [3.8, 4) is 0 Å². The smallest absolute Gasteiger partial charge is 0.230 e. The monoisotopic (exact) mass is 311 g/mol. The molecule has 1 amide bonds. The van der Waals surface area contributed by atoms with Gasteiger partial charge in [0.1, 0.15) is 5.82 Å². The van der Waals surface area contributed by atoms with Gasteiger partial charge in [0.25, 0.3) is 0 Å². The summed E-state index contributed by atoms with van der Waals surface area (Å²) >= 11 is 2.83. The Morgan fingerprint density at radius 3 is 2.75 bits per heavy atom. The third kappa shape index (κ3) is 4.63. The number of halogens is 1. The third-order valence-electron chi connectivity index (χ3n) is 2.60. The van der Waals surface area contributed by atoms with Crippen molar-refractivity contribution >= 4 is 29.0 Å². The second-order valence-electron chi connectivity index (χ2n) is 4.12. The molecule has 0 aliphatic carbocycles. The number of nitrogens with one attached hydrogen (secondary N) is 1. The lowest BCUT2D eigenvalue weighted by molar-refractivity contribution is -0.119. The zero-order valence-corrected chi connectivity index (χ0v) is 12.2. The largest absolute Gasteiger partial charge is 0.387 e. The van der Waals surface area contributed by atoms with E-state index in [2.05, 4.69) is 5.32 Å². The average molecular weight is 311 g/mol. The summed E-state index contributed by atoms with van der Waals surface area (Å²) in [5.74, 6) is -0.214. The van der Waals surface area contributed by atoms with Crippen LogP contribution >= 0.6 is 23.1 Å². The van der Waals surface area contributed by atoms with Crippen molar-refractivity contribution in [2.75, 3.05) is 12.3 Å². The van der Waals surface area contributed by atoms with Crippen LogP contribution in [0.15, 0.2) is 46.0 Å². The number of carbonyl (C=O) groups excluding carboxylic acids is 1. The fraction of sp³-hybridized carbons (Fsp3) is 0.214. The summed E-state index contributed by atoms with van der Waals surface area (Å²) in [6.45, 7) is 0.194. The Hall–Kier alpha value is -1.37. The minimum absolute atomic E-state index is 0.159. The van der Waals surface area contributed by atoms with E-state index in [4.69, 9.17) is 0 Å². The van der Waals surface area contributed by atoms with E-state index in [-0.39, 0.29) is 24.0 Å². The summed E-state index contributed by atoms with van der Waals surface area (Å²) in [5, 5.41) is 16.2. The predicted molar refractivity (Wildman–Crippen MR) is 79.4 cm³/mol. The van der Waals surface area contributed by atoms with E-state index >= 15 is 0 Å². The van der Waals surface area contributed by atoms with E-state index in [0.29, 0.717) is 0 Å². The molecule has 3 nitrogen and oxygen atoms in total. The Morgan fingerprint density at radius 1 is 1.35 bits per heavy atom. The number of aliphatic hydroxyl groups excluding tert-OH is 1. The zero-order valence-electron chi connectivity index (χ0n) is 10.6. The van der Waals surface area contributed by atoms with Gasteiger partial charge < -0.3 is 10.4 Å². The molecule has 20 heavy (non-hydrogen) atoms. The van der Waals surface area contributed by atoms with Crippen LogP contribution in [0.2, 0.25) is 0 Å². The van der Waals surface area contributed by atoms with Gasteiger partial charge in [0.2, 0.25) is 5.91 Å². The highest BCUT2D eigenvalue weighted by molar-refractivity contribution is 8.00. The number of benzene rings is 1. The molecule has 0 aliphatic rings. The minimum atomic E-state index is -0.680. The van der Waals surface area contributed by atoms with Gasteiger partial charge in [-0.3, -0.25) is 4.79 Å². The Morgan fingerprint density at radius 2 is 2.10 bits per heavy atom. The first-order chi connectivity index (χ1) is 9.65. The molecule has 1 heterocycles. The van der Waals surface area contributed by atoms with Crippen molar-refractivity contribution in [3.05, 3.63) is 52.5 Å². The molecule has 6 heteroatoms. The third-order valence-corrected chi connectivity index (χ3v) is 4.32. The van der Waals surface area contributed by atoms with Crippen molar-refractivity contribution in [1.29, 1.82) is 0 Å². The lowest BCUT2D eigenvalue weighted by Gasteiger charge is -2.10. The van der Waals surface area contributed by atoms with Crippen molar-refractivity contribution in [2.24, 2.45) is 0 Å². The molecule has 2 rings (SSSR count). The van der Waals surface area contributed by atoms with E-state index in [1.807, 2.05) is 16.8 Å². The van der Waals surface area contributed by atoms with E-state index in [0.717, 1.165) is 10.5 Å². The van der Waals surface area contributed by atoms with Crippen molar-refractivity contribution in [1.82, 2.24) is 5.32 Å². The molecule has 2 N–H and O–H groups in total. The fourth-order valence-corrected chi connectivity index (χ4v) is 2.96. The van der Waals surface area contributed by atoms with E-state index < -0.39 is 6.10 Å². The first-order valence-electron chi connectivity index (χ1n) is 6.00. The second kappa shape index (κ2) is 7.42. The maximum absolute atomic E-state index is 12.7. The van der Waals surface area contributed by atoms with Gasteiger partial charge in [0.05, 0.1) is 11.9 Å². The minimum Gasteiger partial charge on any atom is -0.387 e. The second-order valence-corrected chi connectivity index (χ2v) is 5.95. The van der Waals surface area contributed by atoms with Gasteiger partial charge >= 0.3 is 0 Å². The number of amides is 1. The van der Waals surface area contributed by atoms with Crippen molar-refractivity contribution in [2.45, 2.75) is 11.0 Å². The maximum atomic E-state index is 12.7. The molecule has 1 aromatic carbocycles. The topological polar surface area (TPSA) is 49.3 Å². The molecular weight excluding hydrogens is 297 g/mol. The number of aliphatic hydroxyl groups is 1. The standard InChI is InChI=1S/C14H14FNO2S2/c15-11-1-3-12(4-2-11)20-9-14(18)16-7-13(17)10-5-6-19-8-10/h1-6,8,13,17H,7,9H2,(H,16,18). The number of rotatable bonds is 6. The Labute approximate surface area is 124 Å². The summed E-state index contributed by atoms with van der Waals surface area (Å²) in [7, 11) is 0. The molecular formula is C14H14FNO2S2. The number of hydrogen-bond acceptors (Lipinski definition) is 4. The molecule has 0 saturated heterocycles. The Kier molecular flexibility index (Phi) is 5.58. The molecule has 0 radical (unpaired) electrons. The lowest BCUT2D eigenvalue weighted by atomic mass is 10.2. The number of thioether (sulfide) groups is 1. The van der Waals surface area contributed by atoms with Gasteiger partial charge in [0, 0.05) is 11.4 Å². The average Bonchev–Trinajstić information content (AvgIpc) is 2.98. The van der Waals surface area contributed by atoms with E-state index in [1.54, 1.807) is 12.1 Å². The molecule has 0 fully saturated rings. The van der Waals surface area contributed by atoms with Crippen LogP contribution in [0.25, 0.3) is 0 Å². The lowest BCUT2D eigenvalue weighted by Crippen LogP contribution is -2.29. The molecule has 2 aromatic rings. The molecule has 1 aromatic heterocycles. The number of hydrogen-bond donors (Lipinski definition) is 2. The summed E-state index contributed by atoms with van der Waals surface area (Å²) in [5.41, 5.74) is 0.807. The first-order valence-corrected chi connectivity index (χ1v) is 7.93. The highest BCUT2D eigenvalue weighted by atomic mass is 32.2. The van der Waals surface area contributed by atoms with E-state index in [9.17, 15) is 14.3 Å². The van der Waals surface area contributed by atoms with Gasteiger partial charge in [-0.25, -0.2) is 4.39 Å². The van der Waals surface area contributed by atoms with Crippen molar-refractivity contribution < 1.29 is 14.3 Å². The van der Waals surface area contributed by atoms with Crippen LogP contribution in [0.1, 0.15) is 11.7 Å². The van der Waals surface area contributed by atoms with Crippen LogP contribution in [-0.2, 0) is 4.79 Å². The summed E-state index contributed by atoms with van der Waals surface area (Å²) in [6, 6.07) is 7.82. The van der Waals surface area contributed by atoms with Gasteiger partial charge in [-0.15, -0.1) is 11.8 Å².